The second-order valence-electron chi connectivity index (χ2n) is 5.73. The molecule has 0 aliphatic rings. The summed E-state index contributed by atoms with van der Waals surface area (Å²) in [4.78, 5) is 25.9. The number of para-hydroxylation sites is 1. The Bertz CT molecular complexity index is 709. The van der Waals surface area contributed by atoms with Crippen molar-refractivity contribution in [2.24, 2.45) is 0 Å². The molecule has 0 spiro atoms. The Hall–Kier alpha value is -2.63. The van der Waals surface area contributed by atoms with Crippen LogP contribution in [-0.4, -0.2) is 31.2 Å². The number of esters is 1. The van der Waals surface area contributed by atoms with Gasteiger partial charge in [-0.05, 0) is 26.0 Å². The number of methoxy groups -OCH3 is 1. The standard InChI is InChI=1S/C18H22N2O4/c1-12-13(2)19-24-18(12)14(11-17(22)23-4)10-16(21)20(3)15-8-6-5-7-9-15/h5-9,14H,10-11H2,1-4H3. The number of ether oxygens (including phenoxy) is 1. The molecule has 1 heterocycles. The van der Waals surface area contributed by atoms with Gasteiger partial charge in [-0.1, -0.05) is 23.4 Å². The zero-order valence-electron chi connectivity index (χ0n) is 14.4. The maximum Gasteiger partial charge on any atom is 0.306 e. The smallest absolute Gasteiger partial charge is 0.306 e. The summed E-state index contributed by atoms with van der Waals surface area (Å²) in [5.41, 5.74) is 2.41. The van der Waals surface area contributed by atoms with Gasteiger partial charge in [-0.15, -0.1) is 0 Å². The van der Waals surface area contributed by atoms with Crippen LogP contribution in [0, 0.1) is 13.8 Å². The predicted molar refractivity (Wildman–Crippen MR) is 89.8 cm³/mol. The number of hydrogen-bond acceptors (Lipinski definition) is 5. The highest BCUT2D eigenvalue weighted by molar-refractivity contribution is 5.93. The molecular weight excluding hydrogens is 308 g/mol. The van der Waals surface area contributed by atoms with Crippen LogP contribution < -0.4 is 4.90 Å². The molecule has 0 N–H and O–H groups in total. The molecule has 128 valence electrons. The largest absolute Gasteiger partial charge is 0.469 e. The van der Waals surface area contributed by atoms with Crippen molar-refractivity contribution in [1.82, 2.24) is 5.16 Å². The zero-order chi connectivity index (χ0) is 17.7. The van der Waals surface area contributed by atoms with Crippen LogP contribution in [0.15, 0.2) is 34.9 Å². The Morgan fingerprint density at radius 3 is 2.42 bits per heavy atom. The van der Waals surface area contributed by atoms with Gasteiger partial charge in [0.05, 0.1) is 19.2 Å². The van der Waals surface area contributed by atoms with Crippen molar-refractivity contribution < 1.29 is 18.8 Å². The molecule has 1 unspecified atom stereocenters. The molecule has 0 saturated carbocycles. The molecule has 0 bridgehead atoms. The van der Waals surface area contributed by atoms with E-state index in [9.17, 15) is 9.59 Å². The first-order valence-corrected chi connectivity index (χ1v) is 7.75. The van der Waals surface area contributed by atoms with E-state index in [2.05, 4.69) is 5.16 Å². The average molecular weight is 330 g/mol. The minimum atomic E-state index is -0.405. The van der Waals surface area contributed by atoms with Crippen LogP contribution in [-0.2, 0) is 14.3 Å². The molecule has 1 amide bonds. The second kappa shape index (κ2) is 7.77. The number of carbonyl (C=O) groups excluding carboxylic acids is 2. The number of hydrogen-bond donors (Lipinski definition) is 0. The Morgan fingerprint density at radius 1 is 1.21 bits per heavy atom. The number of rotatable bonds is 6. The molecule has 0 fully saturated rings. The lowest BCUT2D eigenvalue weighted by Gasteiger charge is -2.20. The molecule has 0 aliphatic heterocycles. The summed E-state index contributed by atoms with van der Waals surface area (Å²) < 4.78 is 10.1. The predicted octanol–water partition coefficient (Wildman–Crippen LogP) is 2.99. The van der Waals surface area contributed by atoms with Crippen molar-refractivity contribution in [3.63, 3.8) is 0 Å². The summed E-state index contributed by atoms with van der Waals surface area (Å²) in [7, 11) is 3.04. The lowest BCUT2D eigenvalue weighted by atomic mass is 9.94. The number of amides is 1. The van der Waals surface area contributed by atoms with E-state index in [0.717, 1.165) is 16.9 Å². The van der Waals surface area contributed by atoms with Crippen LogP contribution in [0.5, 0.6) is 0 Å². The van der Waals surface area contributed by atoms with E-state index in [1.54, 1.807) is 11.9 Å². The van der Waals surface area contributed by atoms with Crippen LogP contribution >= 0.6 is 0 Å². The summed E-state index contributed by atoms with van der Waals surface area (Å²) in [5.74, 6) is -0.336. The van der Waals surface area contributed by atoms with Gasteiger partial charge in [-0.3, -0.25) is 9.59 Å². The zero-order valence-corrected chi connectivity index (χ0v) is 14.4. The van der Waals surface area contributed by atoms with Crippen molar-refractivity contribution in [1.29, 1.82) is 0 Å². The van der Waals surface area contributed by atoms with Crippen LogP contribution in [0.4, 0.5) is 5.69 Å². The fraction of sp³-hybridized carbons (Fsp3) is 0.389. The van der Waals surface area contributed by atoms with Crippen LogP contribution in [0.1, 0.15) is 35.8 Å². The van der Waals surface area contributed by atoms with Crippen molar-refractivity contribution >= 4 is 17.6 Å². The Labute approximate surface area is 141 Å². The fourth-order valence-corrected chi connectivity index (χ4v) is 2.50. The molecule has 0 aliphatic carbocycles. The van der Waals surface area contributed by atoms with Gasteiger partial charge in [0.15, 0.2) is 0 Å². The van der Waals surface area contributed by atoms with Gasteiger partial charge in [-0.25, -0.2) is 0 Å². The van der Waals surface area contributed by atoms with Crippen LogP contribution in [0.3, 0.4) is 0 Å². The van der Waals surface area contributed by atoms with Crippen molar-refractivity contribution in [2.45, 2.75) is 32.6 Å². The van der Waals surface area contributed by atoms with Gasteiger partial charge >= 0.3 is 5.97 Å². The molecule has 2 aromatic rings. The molecule has 0 saturated heterocycles. The molecule has 6 heteroatoms. The Balaban J connectivity index is 2.20. The first-order chi connectivity index (χ1) is 11.4. The van der Waals surface area contributed by atoms with Crippen molar-refractivity contribution in [2.75, 3.05) is 19.1 Å². The normalized spacial score (nSPS) is 11.8. The maximum absolute atomic E-state index is 12.6. The molecule has 1 aromatic heterocycles. The van der Waals surface area contributed by atoms with Crippen molar-refractivity contribution in [3.8, 4) is 0 Å². The van der Waals surface area contributed by atoms with Crippen LogP contribution in [0.2, 0.25) is 0 Å². The molecule has 1 aromatic carbocycles. The Morgan fingerprint density at radius 2 is 1.88 bits per heavy atom. The summed E-state index contributed by atoms with van der Waals surface area (Å²) >= 11 is 0. The second-order valence-corrected chi connectivity index (χ2v) is 5.73. The highest BCUT2D eigenvalue weighted by Gasteiger charge is 2.27. The van der Waals surface area contributed by atoms with E-state index in [0.29, 0.717) is 5.76 Å². The van der Waals surface area contributed by atoms with Gasteiger partial charge in [0.1, 0.15) is 5.76 Å². The first kappa shape index (κ1) is 17.7. The summed E-state index contributed by atoms with van der Waals surface area (Å²) in [6, 6.07) is 9.35. The molecule has 0 radical (unpaired) electrons. The Kier molecular flexibility index (Phi) is 5.73. The van der Waals surface area contributed by atoms with E-state index < -0.39 is 5.92 Å². The van der Waals surface area contributed by atoms with Crippen LogP contribution in [0.25, 0.3) is 0 Å². The van der Waals surface area contributed by atoms with Gasteiger partial charge in [-0.2, -0.15) is 0 Å². The number of aromatic nitrogens is 1. The first-order valence-electron chi connectivity index (χ1n) is 7.75. The molecular formula is C18H22N2O4. The van der Waals surface area contributed by atoms with E-state index in [4.69, 9.17) is 9.26 Å². The monoisotopic (exact) mass is 330 g/mol. The molecule has 6 nitrogen and oxygen atoms in total. The lowest BCUT2D eigenvalue weighted by Crippen LogP contribution is -2.28. The average Bonchev–Trinajstić information content (AvgIpc) is 2.93. The van der Waals surface area contributed by atoms with E-state index in [-0.39, 0.29) is 24.7 Å². The van der Waals surface area contributed by atoms with Gasteiger partial charge in [0, 0.05) is 30.6 Å². The molecule has 24 heavy (non-hydrogen) atoms. The number of anilines is 1. The van der Waals surface area contributed by atoms with E-state index >= 15 is 0 Å². The van der Waals surface area contributed by atoms with Crippen molar-refractivity contribution in [3.05, 3.63) is 47.3 Å². The SMILES string of the molecule is COC(=O)CC(CC(=O)N(C)c1ccccc1)c1onc(C)c1C. The quantitative estimate of drug-likeness (QED) is 0.761. The summed E-state index contributed by atoms with van der Waals surface area (Å²) in [5, 5.41) is 3.93. The number of benzene rings is 1. The number of nitrogens with zero attached hydrogens (tertiary/aromatic N) is 2. The lowest BCUT2D eigenvalue weighted by molar-refractivity contribution is -0.141. The number of carbonyl (C=O) groups is 2. The molecule has 2 rings (SSSR count). The van der Waals surface area contributed by atoms with E-state index in [1.807, 2.05) is 44.2 Å². The summed E-state index contributed by atoms with van der Waals surface area (Å²) in [6.45, 7) is 3.70. The third kappa shape index (κ3) is 4.01. The maximum atomic E-state index is 12.6. The fourth-order valence-electron chi connectivity index (χ4n) is 2.50. The minimum absolute atomic E-state index is 0.0698. The molecule has 1 atom stereocenters. The minimum Gasteiger partial charge on any atom is -0.469 e. The van der Waals surface area contributed by atoms with Gasteiger partial charge in [0.25, 0.3) is 0 Å². The number of aryl methyl sites for hydroxylation is 1. The van der Waals surface area contributed by atoms with Gasteiger partial charge in [0.2, 0.25) is 5.91 Å². The summed E-state index contributed by atoms with van der Waals surface area (Å²) in [6.07, 6.45) is 0.205. The highest BCUT2D eigenvalue weighted by atomic mass is 16.5. The third-order valence-electron chi connectivity index (χ3n) is 4.14. The topological polar surface area (TPSA) is 72.6 Å². The highest BCUT2D eigenvalue weighted by Crippen LogP contribution is 2.29. The third-order valence-corrected chi connectivity index (χ3v) is 4.14. The van der Waals surface area contributed by atoms with E-state index in [1.165, 1.54) is 7.11 Å². The van der Waals surface area contributed by atoms with Gasteiger partial charge < -0.3 is 14.2 Å².